The highest BCUT2D eigenvalue weighted by molar-refractivity contribution is 7.90. The van der Waals surface area contributed by atoms with E-state index in [4.69, 9.17) is 5.26 Å². The zero-order valence-corrected chi connectivity index (χ0v) is 14.0. The van der Waals surface area contributed by atoms with Crippen molar-refractivity contribution in [1.82, 2.24) is 4.31 Å². The maximum Gasteiger partial charge on any atom is 0.418 e. The summed E-state index contributed by atoms with van der Waals surface area (Å²) in [5, 5.41) is 8.94. The van der Waals surface area contributed by atoms with Crippen molar-refractivity contribution in [3.8, 4) is 6.07 Å². The smallest absolute Gasteiger partial charge is 0.418 e. The molecule has 122 valence electrons. The first-order valence-electron chi connectivity index (χ1n) is 6.66. The van der Waals surface area contributed by atoms with Crippen LogP contribution in [0.5, 0.6) is 0 Å². The van der Waals surface area contributed by atoms with E-state index in [1.165, 1.54) is 23.5 Å². The number of halogens is 3. The van der Waals surface area contributed by atoms with Crippen molar-refractivity contribution in [2.45, 2.75) is 44.7 Å². The molecule has 0 N–H and O–H groups in total. The highest BCUT2D eigenvalue weighted by Crippen LogP contribution is 2.39. The Morgan fingerprint density at radius 2 is 1.82 bits per heavy atom. The zero-order valence-electron chi connectivity index (χ0n) is 13.2. The molecule has 0 heterocycles. The molecule has 1 aromatic rings. The van der Waals surface area contributed by atoms with Crippen LogP contribution in [0.15, 0.2) is 18.2 Å². The molecule has 0 aliphatic heterocycles. The largest absolute Gasteiger partial charge is 0.597 e. The Morgan fingerprint density at radius 1 is 1.27 bits per heavy atom. The van der Waals surface area contributed by atoms with Crippen molar-refractivity contribution in [3.05, 3.63) is 34.9 Å². The average molecular weight is 332 g/mol. The Hall–Kier alpha value is -1.23. The van der Waals surface area contributed by atoms with E-state index in [1.807, 2.05) is 0 Å². The van der Waals surface area contributed by atoms with E-state index >= 15 is 0 Å². The molecule has 2 atom stereocenters. The molecule has 0 spiro atoms. The molecule has 0 saturated carbocycles. The minimum Gasteiger partial charge on any atom is -0.597 e. The van der Waals surface area contributed by atoms with E-state index in [0.29, 0.717) is 0 Å². The van der Waals surface area contributed by atoms with Crippen LogP contribution >= 0.6 is 0 Å². The van der Waals surface area contributed by atoms with Crippen LogP contribution in [0.25, 0.3) is 0 Å². The van der Waals surface area contributed by atoms with Gasteiger partial charge in [0, 0.05) is 18.4 Å². The van der Waals surface area contributed by atoms with Gasteiger partial charge >= 0.3 is 6.18 Å². The van der Waals surface area contributed by atoms with Crippen molar-refractivity contribution in [2.24, 2.45) is 0 Å². The SMILES string of the molecule is CC(c1cccc(C#N)c1C(F)(F)F)N(C)[S@+]([O-])C(C)(C)C. The van der Waals surface area contributed by atoms with Crippen LogP contribution in [0.3, 0.4) is 0 Å². The van der Waals surface area contributed by atoms with E-state index in [9.17, 15) is 17.7 Å². The Balaban J connectivity index is 3.36. The van der Waals surface area contributed by atoms with Crippen LogP contribution in [0.1, 0.15) is 50.4 Å². The maximum atomic E-state index is 13.3. The first-order chi connectivity index (χ1) is 9.91. The molecule has 0 aliphatic rings. The summed E-state index contributed by atoms with van der Waals surface area (Å²) >= 11 is -1.47. The summed E-state index contributed by atoms with van der Waals surface area (Å²) in [5.74, 6) is 0. The molecule has 0 fully saturated rings. The predicted molar refractivity (Wildman–Crippen MR) is 80.2 cm³/mol. The average Bonchev–Trinajstić information content (AvgIpc) is 2.41. The third-order valence-corrected chi connectivity index (χ3v) is 5.17. The van der Waals surface area contributed by atoms with Crippen LogP contribution in [0.2, 0.25) is 0 Å². The van der Waals surface area contributed by atoms with Gasteiger partial charge in [0.1, 0.15) is 4.75 Å². The summed E-state index contributed by atoms with van der Waals surface area (Å²) in [7, 11) is 1.52. The van der Waals surface area contributed by atoms with Gasteiger partial charge in [-0.05, 0) is 39.3 Å². The fourth-order valence-corrected chi connectivity index (χ4v) is 3.36. The number of alkyl halides is 3. The first kappa shape index (κ1) is 18.8. The summed E-state index contributed by atoms with van der Waals surface area (Å²) in [6.45, 7) is 6.81. The number of rotatable bonds is 3. The molecular weight excluding hydrogens is 313 g/mol. The molecule has 0 amide bonds. The van der Waals surface area contributed by atoms with Gasteiger partial charge in [-0.3, -0.25) is 0 Å². The molecular formula is C15H19F3N2OS. The molecule has 0 radical (unpaired) electrons. The van der Waals surface area contributed by atoms with Gasteiger partial charge in [0.15, 0.2) is 0 Å². The van der Waals surface area contributed by atoms with Gasteiger partial charge in [-0.2, -0.15) is 18.4 Å². The van der Waals surface area contributed by atoms with Gasteiger partial charge in [0.05, 0.1) is 23.2 Å². The molecule has 22 heavy (non-hydrogen) atoms. The quantitative estimate of drug-likeness (QED) is 0.785. The Labute approximate surface area is 132 Å². The van der Waals surface area contributed by atoms with Gasteiger partial charge in [-0.1, -0.05) is 12.1 Å². The first-order valence-corrected chi connectivity index (χ1v) is 7.77. The van der Waals surface area contributed by atoms with E-state index in [-0.39, 0.29) is 5.56 Å². The summed E-state index contributed by atoms with van der Waals surface area (Å²) in [6, 6.07) is 4.71. The number of benzene rings is 1. The number of hydrogen-bond donors (Lipinski definition) is 0. The third kappa shape index (κ3) is 3.94. The summed E-state index contributed by atoms with van der Waals surface area (Å²) in [4.78, 5) is 0. The summed E-state index contributed by atoms with van der Waals surface area (Å²) < 4.78 is 53.1. The molecule has 1 unspecified atom stereocenters. The van der Waals surface area contributed by atoms with Crippen LogP contribution in [0.4, 0.5) is 13.2 Å². The summed E-state index contributed by atoms with van der Waals surface area (Å²) in [6.07, 6.45) is -4.64. The van der Waals surface area contributed by atoms with Gasteiger partial charge in [0.2, 0.25) is 0 Å². The van der Waals surface area contributed by atoms with Crippen molar-refractivity contribution in [3.63, 3.8) is 0 Å². The Kier molecular flexibility index (Phi) is 5.55. The fourth-order valence-electron chi connectivity index (χ4n) is 2.10. The van der Waals surface area contributed by atoms with E-state index in [0.717, 1.165) is 6.07 Å². The van der Waals surface area contributed by atoms with Crippen LogP contribution in [-0.4, -0.2) is 20.7 Å². The second-order valence-electron chi connectivity index (χ2n) is 5.96. The monoisotopic (exact) mass is 332 g/mol. The van der Waals surface area contributed by atoms with E-state index in [1.54, 1.807) is 33.8 Å². The minimum atomic E-state index is -4.64. The van der Waals surface area contributed by atoms with Crippen LogP contribution in [-0.2, 0) is 17.5 Å². The molecule has 7 heteroatoms. The normalized spacial score (nSPS) is 15.5. The van der Waals surface area contributed by atoms with E-state index < -0.39 is 39.5 Å². The lowest BCUT2D eigenvalue weighted by Crippen LogP contribution is -2.42. The molecule has 0 saturated heterocycles. The van der Waals surface area contributed by atoms with Gasteiger partial charge in [-0.25, -0.2) is 0 Å². The lowest BCUT2D eigenvalue weighted by molar-refractivity contribution is -0.138. The van der Waals surface area contributed by atoms with E-state index in [2.05, 4.69) is 0 Å². The van der Waals surface area contributed by atoms with Crippen LogP contribution in [0, 0.1) is 11.3 Å². The molecule has 3 nitrogen and oxygen atoms in total. The fraction of sp³-hybridized carbons (Fsp3) is 0.533. The minimum absolute atomic E-state index is 0.0494. The Bertz CT molecular complexity index is 576. The van der Waals surface area contributed by atoms with Crippen LogP contribution < -0.4 is 0 Å². The second-order valence-corrected chi connectivity index (χ2v) is 8.26. The number of nitrogens with zero attached hydrogens (tertiary/aromatic N) is 2. The lowest BCUT2D eigenvalue weighted by atomic mass is 9.96. The molecule has 0 aliphatic carbocycles. The third-order valence-electron chi connectivity index (χ3n) is 3.28. The van der Waals surface area contributed by atoms with Crippen molar-refractivity contribution in [1.29, 1.82) is 5.26 Å². The maximum absolute atomic E-state index is 13.3. The van der Waals surface area contributed by atoms with Crippen molar-refractivity contribution < 1.29 is 17.7 Å². The molecule has 0 aromatic heterocycles. The summed E-state index contributed by atoms with van der Waals surface area (Å²) in [5.41, 5.74) is -1.43. The second kappa shape index (κ2) is 6.49. The number of hydrogen-bond acceptors (Lipinski definition) is 3. The Morgan fingerprint density at radius 3 is 2.23 bits per heavy atom. The highest BCUT2D eigenvalue weighted by atomic mass is 32.2. The number of nitriles is 1. The standard InChI is InChI=1S/C15H19F3N2OS/c1-10(20(5)22(21)14(2,3)4)12-8-6-7-11(9-19)13(12)15(16,17)18/h6-8,10H,1-5H3/t10?,22-/m1/s1. The van der Waals surface area contributed by atoms with Crippen molar-refractivity contribution >= 4 is 11.4 Å². The molecule has 0 bridgehead atoms. The molecule has 1 rings (SSSR count). The predicted octanol–water partition coefficient (Wildman–Crippen LogP) is 4.03. The van der Waals surface area contributed by atoms with Gasteiger partial charge < -0.3 is 4.55 Å². The highest BCUT2D eigenvalue weighted by Gasteiger charge is 2.41. The molecule has 1 aromatic carbocycles. The zero-order chi connectivity index (χ0) is 17.3. The topological polar surface area (TPSA) is 50.1 Å². The lowest BCUT2D eigenvalue weighted by Gasteiger charge is -2.34. The van der Waals surface area contributed by atoms with Gasteiger partial charge in [-0.15, -0.1) is 4.31 Å². The van der Waals surface area contributed by atoms with Gasteiger partial charge in [0.25, 0.3) is 0 Å². The van der Waals surface area contributed by atoms with Crippen molar-refractivity contribution in [2.75, 3.05) is 7.05 Å².